The van der Waals surface area contributed by atoms with Crippen LogP contribution in [0, 0.1) is 0 Å². The van der Waals surface area contributed by atoms with Crippen LogP contribution in [0.3, 0.4) is 0 Å². The number of amides is 1. The zero-order chi connectivity index (χ0) is 18.0. The van der Waals surface area contributed by atoms with Gasteiger partial charge < -0.3 is 19.8 Å². The van der Waals surface area contributed by atoms with Crippen molar-refractivity contribution in [3.05, 3.63) is 24.3 Å². The van der Waals surface area contributed by atoms with Gasteiger partial charge in [0, 0.05) is 39.1 Å². The summed E-state index contributed by atoms with van der Waals surface area (Å²) in [7, 11) is 0. The third-order valence-electron chi connectivity index (χ3n) is 4.61. The Kier molecular flexibility index (Phi) is 5.08. The lowest BCUT2D eigenvalue weighted by atomic mass is 10.1. The second-order valence-electron chi connectivity index (χ2n) is 6.57. The van der Waals surface area contributed by atoms with Crippen LogP contribution in [0.4, 0.5) is 24.5 Å². The first-order chi connectivity index (χ1) is 11.8. The highest BCUT2D eigenvalue weighted by Crippen LogP contribution is 2.34. The molecular formula is C17H22F3N3O2. The number of fused-ring (bicyclic) bond motifs is 1. The number of hydrogen-bond donors (Lipinski definition) is 1. The number of aliphatic hydroxyl groups excluding tert-OH is 1. The van der Waals surface area contributed by atoms with E-state index in [0.29, 0.717) is 37.4 Å². The molecular weight excluding hydrogens is 335 g/mol. The number of nitrogens with zero attached hydrogens (tertiary/aromatic N) is 3. The molecule has 8 heteroatoms. The number of aliphatic hydroxyl groups is 1. The molecule has 1 amide bonds. The van der Waals surface area contributed by atoms with E-state index in [1.807, 2.05) is 4.90 Å². The van der Waals surface area contributed by atoms with Gasteiger partial charge >= 0.3 is 6.18 Å². The van der Waals surface area contributed by atoms with Gasteiger partial charge in [-0.1, -0.05) is 12.1 Å². The quantitative estimate of drug-likeness (QED) is 0.874. The monoisotopic (exact) mass is 357 g/mol. The summed E-state index contributed by atoms with van der Waals surface area (Å²) in [6.07, 6.45) is -3.66. The zero-order valence-electron chi connectivity index (χ0n) is 13.9. The molecule has 1 aromatic carbocycles. The lowest BCUT2D eigenvalue weighted by Gasteiger charge is -2.40. The zero-order valence-corrected chi connectivity index (χ0v) is 13.9. The second-order valence-corrected chi connectivity index (χ2v) is 6.57. The van der Waals surface area contributed by atoms with E-state index in [2.05, 4.69) is 0 Å². The number of hydrogen-bond acceptors (Lipinski definition) is 4. The second kappa shape index (κ2) is 7.11. The Morgan fingerprint density at radius 3 is 2.20 bits per heavy atom. The van der Waals surface area contributed by atoms with Gasteiger partial charge in [0.25, 0.3) is 0 Å². The third-order valence-corrected chi connectivity index (χ3v) is 4.61. The molecule has 2 aliphatic rings. The smallest absolute Gasteiger partial charge is 0.389 e. The molecule has 1 atom stereocenters. The number of carbonyl (C=O) groups excluding carboxylic acids is 1. The van der Waals surface area contributed by atoms with E-state index in [4.69, 9.17) is 0 Å². The van der Waals surface area contributed by atoms with Crippen molar-refractivity contribution in [3.63, 3.8) is 0 Å². The van der Waals surface area contributed by atoms with Crippen molar-refractivity contribution in [1.82, 2.24) is 4.90 Å². The van der Waals surface area contributed by atoms with E-state index in [9.17, 15) is 23.1 Å². The number of carbonyl (C=O) groups is 1. The first kappa shape index (κ1) is 17.8. The lowest BCUT2D eigenvalue weighted by Crippen LogP contribution is -2.48. The molecule has 5 nitrogen and oxygen atoms in total. The van der Waals surface area contributed by atoms with Crippen LogP contribution in [-0.4, -0.2) is 67.5 Å². The Morgan fingerprint density at radius 2 is 1.60 bits per heavy atom. The molecule has 1 saturated heterocycles. The lowest BCUT2D eigenvalue weighted by molar-refractivity contribution is -0.128. The molecule has 0 radical (unpaired) electrons. The fourth-order valence-electron chi connectivity index (χ4n) is 3.52. The molecule has 25 heavy (non-hydrogen) atoms. The average Bonchev–Trinajstić information content (AvgIpc) is 2.93. The highest BCUT2D eigenvalue weighted by Gasteiger charge is 2.34. The largest absolute Gasteiger partial charge is 0.405 e. The molecule has 0 saturated carbocycles. The standard InChI is InChI=1S/C17H22F3N3O2/c18-17(19,20)12-23-9-8-21(14-4-1-2-5-15(14)23)10-13(24)11-22-7-3-6-16(22)25/h1-2,4-5,13,24H,3,6-12H2/t13-/m1/s1. The van der Waals surface area contributed by atoms with Crippen LogP contribution >= 0.6 is 0 Å². The van der Waals surface area contributed by atoms with Crippen LogP contribution in [-0.2, 0) is 4.79 Å². The summed E-state index contributed by atoms with van der Waals surface area (Å²) in [5.41, 5.74) is 1.21. The predicted octanol–water partition coefficient (Wildman–Crippen LogP) is 1.86. The van der Waals surface area contributed by atoms with Crippen LogP contribution in [0.1, 0.15) is 12.8 Å². The molecule has 3 rings (SSSR count). The van der Waals surface area contributed by atoms with Gasteiger partial charge in [0.2, 0.25) is 5.91 Å². The Balaban J connectivity index is 1.68. The number of para-hydroxylation sites is 2. The van der Waals surface area contributed by atoms with Crippen molar-refractivity contribution in [2.45, 2.75) is 25.1 Å². The van der Waals surface area contributed by atoms with E-state index >= 15 is 0 Å². The summed E-state index contributed by atoms with van der Waals surface area (Å²) in [5.74, 6) is 0.0504. The maximum absolute atomic E-state index is 12.8. The summed E-state index contributed by atoms with van der Waals surface area (Å²) in [6, 6.07) is 6.93. The van der Waals surface area contributed by atoms with Gasteiger partial charge in [-0.05, 0) is 18.6 Å². The minimum atomic E-state index is -4.26. The fraction of sp³-hybridized carbons (Fsp3) is 0.588. The van der Waals surface area contributed by atoms with Gasteiger partial charge in [-0.25, -0.2) is 0 Å². The Morgan fingerprint density at radius 1 is 1.00 bits per heavy atom. The van der Waals surface area contributed by atoms with Crippen molar-refractivity contribution in [2.24, 2.45) is 0 Å². The highest BCUT2D eigenvalue weighted by atomic mass is 19.4. The maximum Gasteiger partial charge on any atom is 0.405 e. The maximum atomic E-state index is 12.8. The van der Waals surface area contributed by atoms with Crippen molar-refractivity contribution in [3.8, 4) is 0 Å². The molecule has 0 aliphatic carbocycles. The SMILES string of the molecule is O=C1CCCN1C[C@H](O)CN1CCN(CC(F)(F)F)c2ccccc21. The van der Waals surface area contributed by atoms with Crippen LogP contribution in [0.25, 0.3) is 0 Å². The molecule has 1 N–H and O–H groups in total. The molecule has 0 bridgehead atoms. The minimum absolute atomic E-state index is 0.0504. The Bertz CT molecular complexity index is 623. The molecule has 0 unspecified atom stereocenters. The third kappa shape index (κ3) is 4.36. The summed E-state index contributed by atoms with van der Waals surface area (Å²) in [5, 5.41) is 10.3. The van der Waals surface area contributed by atoms with E-state index in [-0.39, 0.29) is 19.0 Å². The first-order valence-electron chi connectivity index (χ1n) is 8.45. The van der Waals surface area contributed by atoms with Crippen molar-refractivity contribution in [2.75, 3.05) is 49.1 Å². The summed E-state index contributed by atoms with van der Waals surface area (Å²) >= 11 is 0. The van der Waals surface area contributed by atoms with Gasteiger partial charge in [0.15, 0.2) is 0 Å². The topological polar surface area (TPSA) is 47.0 Å². The number of alkyl halides is 3. The summed E-state index contributed by atoms with van der Waals surface area (Å²) < 4.78 is 38.3. The molecule has 1 aromatic rings. The minimum Gasteiger partial charge on any atom is -0.389 e. The number of likely N-dealkylation sites (tertiary alicyclic amines) is 1. The summed E-state index contributed by atoms with van der Waals surface area (Å²) in [6.45, 7) is 0.878. The number of β-amino-alcohol motifs (C(OH)–C–C–N with tert-alkyl or cyclic N) is 1. The first-order valence-corrected chi connectivity index (χ1v) is 8.45. The van der Waals surface area contributed by atoms with Crippen LogP contribution in [0.5, 0.6) is 0 Å². The van der Waals surface area contributed by atoms with Gasteiger partial charge in [-0.15, -0.1) is 0 Å². The molecule has 2 aliphatic heterocycles. The van der Waals surface area contributed by atoms with Crippen LogP contribution in [0.2, 0.25) is 0 Å². The number of rotatable bonds is 5. The Hall–Kier alpha value is -1.96. The highest BCUT2D eigenvalue weighted by molar-refractivity contribution is 5.78. The average molecular weight is 357 g/mol. The fourth-order valence-corrected chi connectivity index (χ4v) is 3.52. The van der Waals surface area contributed by atoms with Gasteiger partial charge in [0.1, 0.15) is 6.54 Å². The van der Waals surface area contributed by atoms with Gasteiger partial charge in [-0.2, -0.15) is 13.2 Å². The van der Waals surface area contributed by atoms with Crippen molar-refractivity contribution in [1.29, 1.82) is 0 Å². The van der Waals surface area contributed by atoms with E-state index in [0.717, 1.165) is 6.42 Å². The molecule has 0 aromatic heterocycles. The number of halogens is 3. The van der Waals surface area contributed by atoms with E-state index in [1.165, 1.54) is 4.90 Å². The molecule has 0 spiro atoms. The molecule has 138 valence electrons. The predicted molar refractivity (Wildman–Crippen MR) is 88.7 cm³/mol. The normalized spacial score (nSPS) is 19.4. The number of benzene rings is 1. The molecule has 1 fully saturated rings. The summed E-state index contributed by atoms with van der Waals surface area (Å²) in [4.78, 5) is 16.5. The van der Waals surface area contributed by atoms with E-state index < -0.39 is 18.8 Å². The van der Waals surface area contributed by atoms with Gasteiger partial charge in [-0.3, -0.25) is 4.79 Å². The van der Waals surface area contributed by atoms with Crippen LogP contribution < -0.4 is 9.80 Å². The van der Waals surface area contributed by atoms with Crippen molar-refractivity contribution >= 4 is 17.3 Å². The number of anilines is 2. The van der Waals surface area contributed by atoms with Gasteiger partial charge in [0.05, 0.1) is 17.5 Å². The molecule has 2 heterocycles. The van der Waals surface area contributed by atoms with Crippen molar-refractivity contribution < 1.29 is 23.1 Å². The van der Waals surface area contributed by atoms with E-state index in [1.54, 1.807) is 29.2 Å². The Labute approximate surface area is 144 Å². The van der Waals surface area contributed by atoms with Crippen LogP contribution in [0.15, 0.2) is 24.3 Å².